The van der Waals surface area contributed by atoms with E-state index in [1.54, 1.807) is 5.57 Å². The van der Waals surface area contributed by atoms with Crippen molar-refractivity contribution in [2.24, 2.45) is 5.41 Å². The summed E-state index contributed by atoms with van der Waals surface area (Å²) in [7, 11) is 0. The van der Waals surface area contributed by atoms with E-state index in [0.717, 1.165) is 0 Å². The van der Waals surface area contributed by atoms with Gasteiger partial charge in [0.2, 0.25) is 0 Å². The van der Waals surface area contributed by atoms with Crippen LogP contribution in [0.5, 0.6) is 0 Å². The molecule has 1 aliphatic carbocycles. The third kappa shape index (κ3) is 4.58. The van der Waals surface area contributed by atoms with E-state index in [4.69, 9.17) is 0 Å². The van der Waals surface area contributed by atoms with Crippen LogP contribution in [0.2, 0.25) is 0 Å². The minimum atomic E-state index is 0.704. The minimum Gasteiger partial charge on any atom is -0.0859 e. The standard InChI is InChI=1S/C10H18.C2H6/c1-4-5-9(2)8-10(3)6-7-10;1-2/h5H,4,6-8H2,1-3H3;1-2H3/b9-5-;. The fourth-order valence-corrected chi connectivity index (χ4v) is 1.48. The molecular formula is C12H24. The molecule has 1 fully saturated rings. The molecule has 0 heterocycles. The maximum absolute atomic E-state index is 2.39. The molecule has 0 aliphatic heterocycles. The molecule has 72 valence electrons. The van der Waals surface area contributed by atoms with E-state index >= 15 is 0 Å². The second-order valence-corrected chi connectivity index (χ2v) is 3.95. The molecule has 1 saturated carbocycles. The molecule has 0 spiro atoms. The molecule has 1 aliphatic rings. The summed E-state index contributed by atoms with van der Waals surface area (Å²) >= 11 is 0. The zero-order valence-corrected chi connectivity index (χ0v) is 9.41. The van der Waals surface area contributed by atoms with Gasteiger partial charge in [0.25, 0.3) is 0 Å². The lowest BCUT2D eigenvalue weighted by Gasteiger charge is -2.06. The maximum Gasteiger partial charge on any atom is -0.0269 e. The summed E-state index contributed by atoms with van der Waals surface area (Å²) in [6.45, 7) is 10.9. The summed E-state index contributed by atoms with van der Waals surface area (Å²) < 4.78 is 0. The van der Waals surface area contributed by atoms with Gasteiger partial charge in [-0.3, -0.25) is 0 Å². The van der Waals surface area contributed by atoms with Crippen LogP contribution in [0.4, 0.5) is 0 Å². The van der Waals surface area contributed by atoms with E-state index in [9.17, 15) is 0 Å². The molecule has 1 rings (SSSR count). The topological polar surface area (TPSA) is 0 Å². The number of hydrogen-bond donors (Lipinski definition) is 0. The van der Waals surface area contributed by atoms with Gasteiger partial charge in [-0.1, -0.05) is 39.3 Å². The van der Waals surface area contributed by atoms with Crippen LogP contribution >= 0.6 is 0 Å². The monoisotopic (exact) mass is 168 g/mol. The third-order valence-corrected chi connectivity index (χ3v) is 2.36. The Bertz CT molecular complexity index is 138. The Balaban J connectivity index is 0.000000561. The molecule has 0 aromatic carbocycles. The molecule has 0 radical (unpaired) electrons. The van der Waals surface area contributed by atoms with Crippen molar-refractivity contribution in [2.75, 3.05) is 0 Å². The Kier molecular flexibility index (Phi) is 5.28. The molecule has 0 nitrogen and oxygen atoms in total. The fourth-order valence-electron chi connectivity index (χ4n) is 1.48. The Hall–Kier alpha value is -0.260. The Morgan fingerprint density at radius 2 is 1.83 bits per heavy atom. The lowest BCUT2D eigenvalue weighted by molar-refractivity contribution is 0.565. The minimum absolute atomic E-state index is 0.704. The van der Waals surface area contributed by atoms with E-state index in [1.807, 2.05) is 13.8 Å². The highest BCUT2D eigenvalue weighted by Gasteiger charge is 2.36. The Labute approximate surface area is 78.1 Å². The highest BCUT2D eigenvalue weighted by Crippen LogP contribution is 2.49. The Morgan fingerprint density at radius 1 is 1.33 bits per heavy atom. The molecule has 0 bridgehead atoms. The molecule has 0 aromatic heterocycles. The van der Waals surface area contributed by atoms with Crippen molar-refractivity contribution in [3.05, 3.63) is 11.6 Å². The van der Waals surface area contributed by atoms with E-state index in [0.29, 0.717) is 5.41 Å². The van der Waals surface area contributed by atoms with Gasteiger partial charge in [0.15, 0.2) is 0 Å². The van der Waals surface area contributed by atoms with Gasteiger partial charge < -0.3 is 0 Å². The van der Waals surface area contributed by atoms with Crippen LogP contribution in [-0.4, -0.2) is 0 Å². The summed E-state index contributed by atoms with van der Waals surface area (Å²) in [5.74, 6) is 0. The van der Waals surface area contributed by atoms with Gasteiger partial charge in [0.1, 0.15) is 0 Å². The zero-order valence-electron chi connectivity index (χ0n) is 9.41. The molecule has 12 heavy (non-hydrogen) atoms. The van der Waals surface area contributed by atoms with E-state index in [1.165, 1.54) is 25.7 Å². The van der Waals surface area contributed by atoms with E-state index < -0.39 is 0 Å². The Morgan fingerprint density at radius 3 is 2.17 bits per heavy atom. The first-order valence-corrected chi connectivity index (χ1v) is 5.32. The second kappa shape index (κ2) is 5.40. The molecule has 0 heteroatoms. The molecule has 0 saturated heterocycles. The molecule has 0 amide bonds. The van der Waals surface area contributed by atoms with E-state index in [-0.39, 0.29) is 0 Å². The third-order valence-electron chi connectivity index (χ3n) is 2.36. The predicted molar refractivity (Wildman–Crippen MR) is 57.4 cm³/mol. The zero-order chi connectivity index (χ0) is 9.61. The lowest BCUT2D eigenvalue weighted by atomic mass is 9.99. The summed E-state index contributed by atoms with van der Waals surface area (Å²) in [6.07, 6.45) is 7.77. The van der Waals surface area contributed by atoms with Crippen LogP contribution in [0.25, 0.3) is 0 Å². The number of hydrogen-bond acceptors (Lipinski definition) is 0. The first-order chi connectivity index (χ1) is 5.66. The van der Waals surface area contributed by atoms with Gasteiger partial charge in [-0.25, -0.2) is 0 Å². The largest absolute Gasteiger partial charge is 0.0859 e. The van der Waals surface area contributed by atoms with Crippen LogP contribution < -0.4 is 0 Å². The highest BCUT2D eigenvalue weighted by molar-refractivity contribution is 5.06. The van der Waals surface area contributed by atoms with Crippen LogP contribution in [0.3, 0.4) is 0 Å². The van der Waals surface area contributed by atoms with Gasteiger partial charge in [-0.2, -0.15) is 0 Å². The first kappa shape index (κ1) is 11.7. The average molecular weight is 168 g/mol. The van der Waals surface area contributed by atoms with Crippen molar-refractivity contribution < 1.29 is 0 Å². The molecule has 0 unspecified atom stereocenters. The summed E-state index contributed by atoms with van der Waals surface area (Å²) in [6, 6.07) is 0. The van der Waals surface area contributed by atoms with Crippen molar-refractivity contribution in [2.45, 2.75) is 60.3 Å². The van der Waals surface area contributed by atoms with Crippen LogP contribution in [0, 0.1) is 5.41 Å². The van der Waals surface area contributed by atoms with Crippen molar-refractivity contribution in [3.8, 4) is 0 Å². The van der Waals surface area contributed by atoms with Crippen molar-refractivity contribution in [1.82, 2.24) is 0 Å². The van der Waals surface area contributed by atoms with Crippen molar-refractivity contribution in [1.29, 1.82) is 0 Å². The van der Waals surface area contributed by atoms with E-state index in [2.05, 4.69) is 26.8 Å². The quantitative estimate of drug-likeness (QED) is 0.542. The number of rotatable bonds is 3. The van der Waals surface area contributed by atoms with Crippen LogP contribution in [0.1, 0.15) is 60.3 Å². The van der Waals surface area contributed by atoms with Gasteiger partial charge >= 0.3 is 0 Å². The first-order valence-electron chi connectivity index (χ1n) is 5.32. The molecule has 0 atom stereocenters. The maximum atomic E-state index is 2.39. The normalized spacial score (nSPS) is 19.6. The smallest absolute Gasteiger partial charge is 0.0269 e. The predicted octanol–water partition coefficient (Wildman–Crippen LogP) is 4.56. The molecule has 0 N–H and O–H groups in total. The van der Waals surface area contributed by atoms with Crippen molar-refractivity contribution in [3.63, 3.8) is 0 Å². The SMILES string of the molecule is CC.CC/C=C(/C)CC1(C)CC1. The fraction of sp³-hybridized carbons (Fsp3) is 0.833. The summed E-state index contributed by atoms with van der Waals surface area (Å²) in [5.41, 5.74) is 2.29. The van der Waals surface area contributed by atoms with Crippen LogP contribution in [-0.2, 0) is 0 Å². The van der Waals surface area contributed by atoms with Gasteiger partial charge in [0, 0.05) is 0 Å². The second-order valence-electron chi connectivity index (χ2n) is 3.95. The molecular weight excluding hydrogens is 144 g/mol. The lowest BCUT2D eigenvalue weighted by Crippen LogP contribution is -1.92. The van der Waals surface area contributed by atoms with Crippen molar-refractivity contribution >= 4 is 0 Å². The van der Waals surface area contributed by atoms with Gasteiger partial charge in [-0.05, 0) is 38.0 Å². The highest BCUT2D eigenvalue weighted by atomic mass is 14.4. The molecule has 0 aromatic rings. The van der Waals surface area contributed by atoms with Crippen LogP contribution in [0.15, 0.2) is 11.6 Å². The van der Waals surface area contributed by atoms with Gasteiger partial charge in [0.05, 0.1) is 0 Å². The van der Waals surface area contributed by atoms with Gasteiger partial charge in [-0.15, -0.1) is 0 Å². The average Bonchev–Trinajstić information content (AvgIpc) is 2.72. The summed E-state index contributed by atoms with van der Waals surface area (Å²) in [4.78, 5) is 0. The summed E-state index contributed by atoms with van der Waals surface area (Å²) in [5, 5.41) is 0. The number of allylic oxidation sites excluding steroid dienone is 2.